The molecule has 0 bridgehead atoms. The number of anilines is 1. The van der Waals surface area contributed by atoms with Gasteiger partial charge in [0.05, 0.1) is 10.6 Å². The highest BCUT2D eigenvalue weighted by Gasteiger charge is 2.20. The molecule has 1 aromatic carbocycles. The van der Waals surface area contributed by atoms with E-state index in [9.17, 15) is 4.79 Å². The van der Waals surface area contributed by atoms with Gasteiger partial charge in [-0.15, -0.1) is 22.7 Å². The van der Waals surface area contributed by atoms with Crippen molar-refractivity contribution in [3.63, 3.8) is 0 Å². The lowest BCUT2D eigenvalue weighted by atomic mass is 10.2. The number of benzene rings is 1. The normalized spacial score (nSPS) is 10.8. The van der Waals surface area contributed by atoms with Crippen molar-refractivity contribution in [1.29, 1.82) is 0 Å². The van der Waals surface area contributed by atoms with Crippen molar-refractivity contribution in [2.45, 2.75) is 6.92 Å². The minimum absolute atomic E-state index is 0.253. The maximum Gasteiger partial charge on any atom is 0.279 e. The van der Waals surface area contributed by atoms with Crippen molar-refractivity contribution in [3.8, 4) is 22.0 Å². The first-order chi connectivity index (χ1) is 12.6. The fraction of sp³-hybridized carbons (Fsp3) is 0.0556. The molecule has 0 aliphatic rings. The number of nitrogens with zero attached hydrogens (tertiary/aromatic N) is 2. The van der Waals surface area contributed by atoms with Gasteiger partial charge in [-0.1, -0.05) is 35.9 Å². The summed E-state index contributed by atoms with van der Waals surface area (Å²) in [5.74, 6) is 0.557. The summed E-state index contributed by atoms with van der Waals surface area (Å²) in [6, 6.07) is 11.2. The van der Waals surface area contributed by atoms with Crippen LogP contribution in [0.4, 0.5) is 5.13 Å². The Hall–Kier alpha value is -2.48. The summed E-state index contributed by atoms with van der Waals surface area (Å²) in [7, 11) is 0. The number of nitrogens with one attached hydrogen (secondary N) is 1. The van der Waals surface area contributed by atoms with E-state index in [0.717, 1.165) is 10.4 Å². The summed E-state index contributed by atoms with van der Waals surface area (Å²) in [4.78, 5) is 22.2. The minimum atomic E-state index is -0.353. The zero-order valence-electron chi connectivity index (χ0n) is 13.5. The molecule has 1 N–H and O–H groups in total. The standard InChI is InChI=1S/C18H12ClN3O2S2/c1-10-15(21-17(24-10)14-7-4-8-25-14)16(23)22-18-20-13(9-26-18)11-5-2-3-6-12(11)19/h2-9H,1H3,(H,20,22,23). The van der Waals surface area contributed by atoms with Gasteiger partial charge in [-0.3, -0.25) is 10.1 Å². The topological polar surface area (TPSA) is 68.0 Å². The monoisotopic (exact) mass is 401 g/mol. The molecule has 0 aliphatic carbocycles. The molecule has 0 saturated heterocycles. The molecular weight excluding hydrogens is 390 g/mol. The van der Waals surface area contributed by atoms with Gasteiger partial charge < -0.3 is 4.42 Å². The number of hydrogen-bond donors (Lipinski definition) is 1. The van der Waals surface area contributed by atoms with E-state index in [-0.39, 0.29) is 11.6 Å². The molecule has 3 aromatic heterocycles. The number of amides is 1. The van der Waals surface area contributed by atoms with Gasteiger partial charge in [-0.2, -0.15) is 0 Å². The predicted molar refractivity (Wildman–Crippen MR) is 105 cm³/mol. The molecule has 5 nitrogen and oxygen atoms in total. The van der Waals surface area contributed by atoms with Gasteiger partial charge >= 0.3 is 0 Å². The first kappa shape index (κ1) is 17.0. The Kier molecular flexibility index (Phi) is 4.58. The maximum absolute atomic E-state index is 12.5. The average Bonchev–Trinajstić information content (AvgIpc) is 3.35. The first-order valence-corrected chi connectivity index (χ1v) is 9.78. The quantitative estimate of drug-likeness (QED) is 0.473. The van der Waals surface area contributed by atoms with E-state index in [1.807, 2.05) is 41.1 Å². The molecule has 130 valence electrons. The largest absolute Gasteiger partial charge is 0.440 e. The second kappa shape index (κ2) is 7.03. The fourth-order valence-corrected chi connectivity index (χ4v) is 3.98. The molecule has 1 amide bonds. The Morgan fingerprint density at radius 2 is 2.00 bits per heavy atom. The predicted octanol–water partition coefficient (Wildman–Crippen LogP) is 5.74. The van der Waals surface area contributed by atoms with Crippen LogP contribution in [0.25, 0.3) is 22.0 Å². The summed E-state index contributed by atoms with van der Waals surface area (Å²) in [6.45, 7) is 1.72. The molecule has 3 heterocycles. The van der Waals surface area contributed by atoms with Gasteiger partial charge in [-0.05, 0) is 24.4 Å². The van der Waals surface area contributed by atoms with Crippen LogP contribution < -0.4 is 5.32 Å². The fourth-order valence-electron chi connectivity index (χ4n) is 2.39. The molecule has 0 aliphatic heterocycles. The third kappa shape index (κ3) is 3.29. The van der Waals surface area contributed by atoms with Gasteiger partial charge in [0, 0.05) is 16.0 Å². The summed E-state index contributed by atoms with van der Waals surface area (Å²) >= 11 is 9.03. The number of thiazole rings is 1. The Balaban J connectivity index is 1.55. The van der Waals surface area contributed by atoms with E-state index in [2.05, 4.69) is 15.3 Å². The second-order valence-electron chi connectivity index (χ2n) is 5.37. The van der Waals surface area contributed by atoms with E-state index >= 15 is 0 Å². The van der Waals surface area contributed by atoms with Crippen LogP contribution >= 0.6 is 34.3 Å². The zero-order valence-corrected chi connectivity index (χ0v) is 15.9. The van der Waals surface area contributed by atoms with E-state index in [1.165, 1.54) is 22.7 Å². The number of hydrogen-bond acceptors (Lipinski definition) is 6. The van der Waals surface area contributed by atoms with Crippen molar-refractivity contribution < 1.29 is 9.21 Å². The highest BCUT2D eigenvalue weighted by molar-refractivity contribution is 7.14. The lowest BCUT2D eigenvalue weighted by molar-refractivity contribution is 0.102. The number of carbonyl (C=O) groups excluding carboxylic acids is 1. The van der Waals surface area contributed by atoms with E-state index < -0.39 is 0 Å². The lowest BCUT2D eigenvalue weighted by Crippen LogP contribution is -2.13. The smallest absolute Gasteiger partial charge is 0.279 e. The Bertz CT molecular complexity index is 1070. The van der Waals surface area contributed by atoms with Gasteiger partial charge in [-0.25, -0.2) is 9.97 Å². The van der Waals surface area contributed by atoms with Crippen LogP contribution in [0.2, 0.25) is 5.02 Å². The van der Waals surface area contributed by atoms with Crippen molar-refractivity contribution in [2.75, 3.05) is 5.32 Å². The molecule has 4 aromatic rings. The first-order valence-electron chi connectivity index (χ1n) is 7.65. The number of aromatic nitrogens is 2. The number of aryl methyl sites for hydroxylation is 1. The van der Waals surface area contributed by atoms with Crippen LogP contribution in [0.5, 0.6) is 0 Å². The summed E-state index contributed by atoms with van der Waals surface area (Å²) in [6.07, 6.45) is 0. The van der Waals surface area contributed by atoms with Gasteiger partial charge in [0.2, 0.25) is 5.89 Å². The highest BCUT2D eigenvalue weighted by atomic mass is 35.5. The van der Waals surface area contributed by atoms with Crippen LogP contribution in [0.1, 0.15) is 16.2 Å². The molecule has 8 heteroatoms. The van der Waals surface area contributed by atoms with Gasteiger partial charge in [0.1, 0.15) is 5.76 Å². The molecule has 0 atom stereocenters. The van der Waals surface area contributed by atoms with E-state index in [1.54, 1.807) is 13.0 Å². The number of oxazole rings is 1. The van der Waals surface area contributed by atoms with Crippen LogP contribution in [0, 0.1) is 6.92 Å². The minimum Gasteiger partial charge on any atom is -0.440 e. The molecular formula is C18H12ClN3O2S2. The molecule has 0 fully saturated rings. The van der Waals surface area contributed by atoms with Crippen LogP contribution in [0.3, 0.4) is 0 Å². The molecule has 26 heavy (non-hydrogen) atoms. The number of carbonyl (C=O) groups is 1. The number of rotatable bonds is 4. The number of halogens is 1. The molecule has 0 radical (unpaired) electrons. The summed E-state index contributed by atoms with van der Waals surface area (Å²) in [5, 5.41) is 7.65. The van der Waals surface area contributed by atoms with Crippen LogP contribution in [-0.2, 0) is 0 Å². The maximum atomic E-state index is 12.5. The van der Waals surface area contributed by atoms with Crippen LogP contribution in [0.15, 0.2) is 51.6 Å². The third-order valence-corrected chi connectivity index (χ3v) is 5.56. The second-order valence-corrected chi connectivity index (χ2v) is 7.59. The zero-order chi connectivity index (χ0) is 18.1. The van der Waals surface area contributed by atoms with Crippen molar-refractivity contribution >= 4 is 45.3 Å². The SMILES string of the molecule is Cc1oc(-c2cccs2)nc1C(=O)Nc1nc(-c2ccccc2Cl)cs1. The van der Waals surface area contributed by atoms with Crippen LogP contribution in [-0.4, -0.2) is 15.9 Å². The van der Waals surface area contributed by atoms with E-state index in [4.69, 9.17) is 16.0 Å². The van der Waals surface area contributed by atoms with Gasteiger partial charge in [0.25, 0.3) is 5.91 Å². The Morgan fingerprint density at radius 3 is 2.77 bits per heavy atom. The molecule has 0 saturated carbocycles. The summed E-state index contributed by atoms with van der Waals surface area (Å²) in [5.41, 5.74) is 1.79. The summed E-state index contributed by atoms with van der Waals surface area (Å²) < 4.78 is 5.61. The number of thiophene rings is 1. The average molecular weight is 402 g/mol. The van der Waals surface area contributed by atoms with Crippen molar-refractivity contribution in [2.24, 2.45) is 0 Å². The lowest BCUT2D eigenvalue weighted by Gasteiger charge is -2.00. The highest BCUT2D eigenvalue weighted by Crippen LogP contribution is 2.31. The molecule has 4 rings (SSSR count). The van der Waals surface area contributed by atoms with Gasteiger partial charge in [0.15, 0.2) is 10.8 Å². The Labute approximate surface area is 162 Å². The Morgan fingerprint density at radius 1 is 1.15 bits per heavy atom. The van der Waals surface area contributed by atoms with E-state index in [0.29, 0.717) is 27.5 Å². The third-order valence-electron chi connectivity index (χ3n) is 3.62. The molecule has 0 spiro atoms. The van der Waals surface area contributed by atoms with Crippen molar-refractivity contribution in [1.82, 2.24) is 9.97 Å². The molecule has 0 unspecified atom stereocenters. The van der Waals surface area contributed by atoms with Crippen molar-refractivity contribution in [3.05, 3.63) is 63.6 Å².